The Kier molecular flexibility index (Phi) is 5.64. The highest BCUT2D eigenvalue weighted by molar-refractivity contribution is 5.95. The average Bonchev–Trinajstić information content (AvgIpc) is 2.68. The van der Waals surface area contributed by atoms with E-state index in [0.717, 1.165) is 24.3 Å². The number of ketones is 1. The third kappa shape index (κ3) is 4.39. The predicted octanol–water partition coefficient (Wildman–Crippen LogP) is 3.56. The van der Waals surface area contributed by atoms with Crippen LogP contribution < -0.4 is 15.0 Å². The fourth-order valence-corrected chi connectivity index (χ4v) is 3.20. The number of hydrogen-bond acceptors (Lipinski definition) is 4. The number of piperazine rings is 1. The van der Waals surface area contributed by atoms with Gasteiger partial charge >= 0.3 is 6.03 Å². The number of ether oxygens (including phenoxy) is 1. The molecule has 2 aromatic rings. The van der Waals surface area contributed by atoms with Gasteiger partial charge in [0.15, 0.2) is 5.78 Å². The lowest BCUT2D eigenvalue weighted by atomic mass is 10.1. The number of aryl methyl sites for hydroxylation is 1. The lowest BCUT2D eigenvalue weighted by Crippen LogP contribution is -2.50. The van der Waals surface area contributed by atoms with E-state index >= 15 is 0 Å². The fourth-order valence-electron chi connectivity index (χ4n) is 3.20. The van der Waals surface area contributed by atoms with Gasteiger partial charge < -0.3 is 19.9 Å². The molecule has 1 saturated heterocycles. The standard InChI is InChI=1S/C21H25N3O3/c1-15-7-8-20(27-3)19(13-15)22-21(26)24-11-9-23(10-12-24)18-6-4-5-17(14-18)16(2)25/h4-8,13-14H,9-12H2,1-3H3,(H,22,26). The van der Waals surface area contributed by atoms with Gasteiger partial charge in [0, 0.05) is 37.4 Å². The number of nitrogens with zero attached hydrogens (tertiary/aromatic N) is 2. The Labute approximate surface area is 159 Å². The van der Waals surface area contributed by atoms with Gasteiger partial charge in [-0.25, -0.2) is 4.79 Å². The first-order valence-corrected chi connectivity index (χ1v) is 9.04. The average molecular weight is 367 g/mol. The number of amides is 2. The van der Waals surface area contributed by atoms with Crippen molar-refractivity contribution < 1.29 is 14.3 Å². The lowest BCUT2D eigenvalue weighted by Gasteiger charge is -2.36. The molecule has 27 heavy (non-hydrogen) atoms. The second kappa shape index (κ2) is 8.12. The van der Waals surface area contributed by atoms with Crippen LogP contribution in [0.3, 0.4) is 0 Å². The first-order valence-electron chi connectivity index (χ1n) is 9.04. The first-order chi connectivity index (χ1) is 13.0. The summed E-state index contributed by atoms with van der Waals surface area (Å²) in [4.78, 5) is 28.2. The normalized spacial score (nSPS) is 14.0. The molecule has 1 N–H and O–H groups in total. The molecule has 1 aliphatic heterocycles. The Bertz CT molecular complexity index is 842. The molecule has 0 aliphatic carbocycles. The van der Waals surface area contributed by atoms with Crippen LogP contribution in [0.25, 0.3) is 0 Å². The maximum atomic E-state index is 12.6. The van der Waals surface area contributed by atoms with E-state index in [0.29, 0.717) is 30.1 Å². The number of hydrogen-bond donors (Lipinski definition) is 1. The maximum absolute atomic E-state index is 12.6. The number of urea groups is 1. The summed E-state index contributed by atoms with van der Waals surface area (Å²) in [6, 6.07) is 13.2. The molecule has 0 bridgehead atoms. The van der Waals surface area contributed by atoms with E-state index in [4.69, 9.17) is 4.74 Å². The van der Waals surface area contributed by atoms with Gasteiger partial charge in [-0.2, -0.15) is 0 Å². The molecule has 142 valence electrons. The van der Waals surface area contributed by atoms with Gasteiger partial charge in [0.25, 0.3) is 0 Å². The SMILES string of the molecule is COc1ccc(C)cc1NC(=O)N1CCN(c2cccc(C(C)=O)c2)CC1. The summed E-state index contributed by atoms with van der Waals surface area (Å²) in [7, 11) is 1.59. The molecule has 1 heterocycles. The number of Topliss-reactive ketones (excluding diaryl/α,β-unsaturated/α-hetero) is 1. The Morgan fingerprint density at radius 2 is 1.78 bits per heavy atom. The molecular weight excluding hydrogens is 342 g/mol. The van der Waals surface area contributed by atoms with Crippen molar-refractivity contribution >= 4 is 23.2 Å². The summed E-state index contributed by atoms with van der Waals surface area (Å²) in [5.74, 6) is 0.704. The second-order valence-electron chi connectivity index (χ2n) is 6.71. The highest BCUT2D eigenvalue weighted by Gasteiger charge is 2.22. The molecule has 3 rings (SSSR count). The van der Waals surface area contributed by atoms with Crippen molar-refractivity contribution in [2.75, 3.05) is 43.5 Å². The number of carbonyl (C=O) groups is 2. The topological polar surface area (TPSA) is 61.9 Å². The van der Waals surface area contributed by atoms with Gasteiger partial charge in [-0.1, -0.05) is 18.2 Å². The second-order valence-corrected chi connectivity index (χ2v) is 6.71. The van der Waals surface area contributed by atoms with E-state index in [-0.39, 0.29) is 11.8 Å². The Morgan fingerprint density at radius 1 is 1.04 bits per heavy atom. The van der Waals surface area contributed by atoms with Crippen molar-refractivity contribution in [3.63, 3.8) is 0 Å². The minimum atomic E-state index is -0.129. The molecule has 0 saturated carbocycles. The molecule has 2 amide bonds. The zero-order chi connectivity index (χ0) is 19.4. The molecule has 0 radical (unpaired) electrons. The Morgan fingerprint density at radius 3 is 2.44 bits per heavy atom. The molecule has 0 aromatic heterocycles. The fraction of sp³-hybridized carbons (Fsp3) is 0.333. The van der Waals surface area contributed by atoms with E-state index in [1.807, 2.05) is 49.4 Å². The number of rotatable bonds is 4. The zero-order valence-corrected chi connectivity index (χ0v) is 16.0. The summed E-state index contributed by atoms with van der Waals surface area (Å²) in [5.41, 5.74) is 3.46. The van der Waals surface area contributed by atoms with Crippen molar-refractivity contribution in [2.24, 2.45) is 0 Å². The van der Waals surface area contributed by atoms with Crippen molar-refractivity contribution in [3.8, 4) is 5.75 Å². The molecule has 1 fully saturated rings. The van der Waals surface area contributed by atoms with Gasteiger partial charge in [0.2, 0.25) is 0 Å². The van der Waals surface area contributed by atoms with Crippen LogP contribution in [-0.2, 0) is 0 Å². The van der Waals surface area contributed by atoms with Crippen molar-refractivity contribution in [1.29, 1.82) is 0 Å². The minimum Gasteiger partial charge on any atom is -0.495 e. The van der Waals surface area contributed by atoms with Crippen LogP contribution in [0, 0.1) is 6.92 Å². The molecule has 0 spiro atoms. The van der Waals surface area contributed by atoms with Crippen LogP contribution in [0.4, 0.5) is 16.2 Å². The van der Waals surface area contributed by atoms with E-state index in [1.165, 1.54) is 0 Å². The Balaban J connectivity index is 1.62. The van der Waals surface area contributed by atoms with E-state index < -0.39 is 0 Å². The van der Waals surface area contributed by atoms with Crippen LogP contribution in [0.15, 0.2) is 42.5 Å². The molecule has 0 unspecified atom stereocenters. The summed E-state index contributed by atoms with van der Waals surface area (Å²) in [6.07, 6.45) is 0. The zero-order valence-electron chi connectivity index (χ0n) is 16.0. The molecule has 6 heteroatoms. The largest absolute Gasteiger partial charge is 0.495 e. The monoisotopic (exact) mass is 367 g/mol. The van der Waals surface area contributed by atoms with Crippen LogP contribution in [0.2, 0.25) is 0 Å². The highest BCUT2D eigenvalue weighted by atomic mass is 16.5. The Hall–Kier alpha value is -3.02. The molecule has 6 nitrogen and oxygen atoms in total. The number of carbonyl (C=O) groups excluding carboxylic acids is 2. The van der Waals surface area contributed by atoms with Crippen LogP contribution >= 0.6 is 0 Å². The van der Waals surface area contributed by atoms with Gasteiger partial charge in [-0.3, -0.25) is 4.79 Å². The lowest BCUT2D eigenvalue weighted by molar-refractivity contribution is 0.101. The highest BCUT2D eigenvalue weighted by Crippen LogP contribution is 2.26. The molecular formula is C21H25N3O3. The number of anilines is 2. The maximum Gasteiger partial charge on any atom is 0.322 e. The van der Waals surface area contributed by atoms with Gasteiger partial charge in [-0.05, 0) is 43.7 Å². The molecule has 1 aliphatic rings. The van der Waals surface area contributed by atoms with E-state index in [1.54, 1.807) is 18.9 Å². The minimum absolute atomic E-state index is 0.0574. The number of benzene rings is 2. The van der Waals surface area contributed by atoms with Crippen LogP contribution in [0.1, 0.15) is 22.8 Å². The van der Waals surface area contributed by atoms with Crippen molar-refractivity contribution in [1.82, 2.24) is 4.90 Å². The van der Waals surface area contributed by atoms with Gasteiger partial charge in [0.1, 0.15) is 5.75 Å². The quantitative estimate of drug-likeness (QED) is 0.840. The summed E-state index contributed by atoms with van der Waals surface area (Å²) >= 11 is 0. The summed E-state index contributed by atoms with van der Waals surface area (Å²) in [5, 5.41) is 2.95. The summed E-state index contributed by atoms with van der Waals surface area (Å²) < 4.78 is 5.32. The predicted molar refractivity (Wildman–Crippen MR) is 107 cm³/mol. The van der Waals surface area contributed by atoms with E-state index in [9.17, 15) is 9.59 Å². The van der Waals surface area contributed by atoms with E-state index in [2.05, 4.69) is 10.2 Å². The van der Waals surface area contributed by atoms with Gasteiger partial charge in [0.05, 0.1) is 12.8 Å². The van der Waals surface area contributed by atoms with Crippen LogP contribution in [-0.4, -0.2) is 50.0 Å². The van der Waals surface area contributed by atoms with Crippen LogP contribution in [0.5, 0.6) is 5.75 Å². The third-order valence-electron chi connectivity index (χ3n) is 4.78. The smallest absolute Gasteiger partial charge is 0.322 e. The molecule has 2 aromatic carbocycles. The van der Waals surface area contributed by atoms with Crippen molar-refractivity contribution in [3.05, 3.63) is 53.6 Å². The van der Waals surface area contributed by atoms with Gasteiger partial charge in [-0.15, -0.1) is 0 Å². The molecule has 0 atom stereocenters. The number of nitrogens with one attached hydrogen (secondary N) is 1. The number of methoxy groups -OCH3 is 1. The first kappa shape index (κ1) is 18.8. The van der Waals surface area contributed by atoms with Crippen molar-refractivity contribution in [2.45, 2.75) is 13.8 Å². The summed E-state index contributed by atoms with van der Waals surface area (Å²) in [6.45, 7) is 6.22. The third-order valence-corrected chi connectivity index (χ3v) is 4.78.